The molecule has 5 nitrogen and oxygen atoms in total. The van der Waals surface area contributed by atoms with Crippen molar-refractivity contribution in [1.29, 1.82) is 0 Å². The number of amides is 1. The molecular formula is C20H22ClF3N2O3S. The van der Waals surface area contributed by atoms with Crippen molar-refractivity contribution in [3.05, 3.63) is 64.2 Å². The van der Waals surface area contributed by atoms with Gasteiger partial charge in [0.2, 0.25) is 10.0 Å². The number of carbonyl (C=O) groups excluding carboxylic acids is 1. The van der Waals surface area contributed by atoms with Crippen LogP contribution < -0.4 is 0 Å². The van der Waals surface area contributed by atoms with Gasteiger partial charge in [-0.1, -0.05) is 23.7 Å². The van der Waals surface area contributed by atoms with Gasteiger partial charge >= 0.3 is 6.18 Å². The first-order chi connectivity index (χ1) is 13.7. The molecule has 0 aliphatic heterocycles. The molecule has 0 atom stereocenters. The van der Waals surface area contributed by atoms with Crippen molar-refractivity contribution in [2.45, 2.75) is 37.5 Å². The van der Waals surface area contributed by atoms with E-state index in [0.29, 0.717) is 5.56 Å². The maximum atomic E-state index is 12.8. The van der Waals surface area contributed by atoms with Gasteiger partial charge in [0.25, 0.3) is 5.91 Å². The van der Waals surface area contributed by atoms with Crippen LogP contribution in [0.5, 0.6) is 0 Å². The molecule has 0 aliphatic carbocycles. The Morgan fingerprint density at radius 3 is 2.13 bits per heavy atom. The van der Waals surface area contributed by atoms with Gasteiger partial charge in [-0.3, -0.25) is 4.79 Å². The topological polar surface area (TPSA) is 57.7 Å². The lowest BCUT2D eigenvalue weighted by atomic mass is 10.1. The van der Waals surface area contributed by atoms with Crippen molar-refractivity contribution in [2.24, 2.45) is 0 Å². The normalized spacial score (nSPS) is 12.5. The molecule has 0 aliphatic rings. The van der Waals surface area contributed by atoms with Crippen LogP contribution in [0.25, 0.3) is 0 Å². The molecule has 0 saturated heterocycles. The number of carbonyl (C=O) groups is 1. The lowest BCUT2D eigenvalue weighted by molar-refractivity contribution is -0.137. The average Bonchev–Trinajstić information content (AvgIpc) is 2.66. The molecule has 0 saturated carbocycles. The lowest BCUT2D eigenvalue weighted by Gasteiger charge is -2.22. The van der Waals surface area contributed by atoms with E-state index in [1.54, 1.807) is 13.8 Å². The molecule has 0 N–H and O–H groups in total. The van der Waals surface area contributed by atoms with Crippen LogP contribution in [-0.2, 0) is 22.7 Å². The van der Waals surface area contributed by atoms with E-state index < -0.39 is 27.7 Å². The van der Waals surface area contributed by atoms with Crippen molar-refractivity contribution in [3.63, 3.8) is 0 Å². The van der Waals surface area contributed by atoms with Crippen molar-refractivity contribution in [2.75, 3.05) is 14.1 Å². The number of halogens is 4. The van der Waals surface area contributed by atoms with Crippen molar-refractivity contribution < 1.29 is 26.4 Å². The van der Waals surface area contributed by atoms with Gasteiger partial charge in [-0.2, -0.15) is 17.5 Å². The summed E-state index contributed by atoms with van der Waals surface area (Å²) in [6.07, 6.45) is -4.44. The highest BCUT2D eigenvalue weighted by atomic mass is 35.5. The summed E-state index contributed by atoms with van der Waals surface area (Å²) in [6, 6.07) is 8.03. The number of hydrogen-bond donors (Lipinski definition) is 0. The van der Waals surface area contributed by atoms with Crippen LogP contribution in [0.15, 0.2) is 47.4 Å². The number of benzene rings is 2. The number of sulfonamides is 1. The summed E-state index contributed by atoms with van der Waals surface area (Å²) in [5, 5.41) is 0.0745. The summed E-state index contributed by atoms with van der Waals surface area (Å²) in [6.45, 7) is 3.46. The number of hydrogen-bond acceptors (Lipinski definition) is 3. The van der Waals surface area contributed by atoms with Crippen molar-refractivity contribution in [1.82, 2.24) is 9.21 Å². The zero-order chi connectivity index (χ0) is 22.9. The van der Waals surface area contributed by atoms with Crippen LogP contribution >= 0.6 is 11.6 Å². The molecule has 10 heteroatoms. The first kappa shape index (κ1) is 24.2. The Kier molecular flexibility index (Phi) is 7.21. The van der Waals surface area contributed by atoms with Gasteiger partial charge in [-0.25, -0.2) is 8.42 Å². The van der Waals surface area contributed by atoms with Gasteiger partial charge in [0.05, 0.1) is 21.0 Å². The first-order valence-electron chi connectivity index (χ1n) is 8.94. The van der Waals surface area contributed by atoms with Crippen LogP contribution in [0, 0.1) is 0 Å². The molecule has 164 valence electrons. The van der Waals surface area contributed by atoms with E-state index in [4.69, 9.17) is 11.6 Å². The largest absolute Gasteiger partial charge is 0.416 e. The van der Waals surface area contributed by atoms with E-state index >= 15 is 0 Å². The van der Waals surface area contributed by atoms with Gasteiger partial charge in [0.15, 0.2) is 0 Å². The Bertz CT molecular complexity index is 1020. The van der Waals surface area contributed by atoms with E-state index in [1.807, 2.05) is 0 Å². The molecule has 2 rings (SSSR count). The Labute approximate surface area is 179 Å². The standard InChI is InChI=1S/C20H22ClF3N2O3S/c1-13(2)26(4)30(28,29)16-9-10-18(21)17(11-16)19(27)25(3)12-14-5-7-15(8-6-14)20(22,23)24/h5-11,13H,12H2,1-4H3. The minimum atomic E-state index is -4.44. The SMILES string of the molecule is CC(C)N(C)S(=O)(=O)c1ccc(Cl)c(C(=O)N(C)Cc2ccc(C(F)(F)F)cc2)c1. The second kappa shape index (κ2) is 8.95. The molecule has 2 aromatic rings. The quantitative estimate of drug-likeness (QED) is 0.627. The maximum absolute atomic E-state index is 12.8. The zero-order valence-electron chi connectivity index (χ0n) is 16.9. The molecule has 0 aromatic heterocycles. The molecule has 0 heterocycles. The molecule has 0 unspecified atom stereocenters. The summed E-state index contributed by atoms with van der Waals surface area (Å²) >= 11 is 6.12. The highest BCUT2D eigenvalue weighted by Crippen LogP contribution is 2.29. The molecule has 0 fully saturated rings. The Morgan fingerprint density at radius 1 is 1.07 bits per heavy atom. The zero-order valence-corrected chi connectivity index (χ0v) is 18.4. The first-order valence-corrected chi connectivity index (χ1v) is 10.8. The third kappa shape index (κ3) is 5.33. The molecule has 1 amide bonds. The van der Waals surface area contributed by atoms with E-state index in [1.165, 1.54) is 53.6 Å². The predicted octanol–water partition coefficient (Wildman–Crippen LogP) is 4.66. The Balaban J connectivity index is 2.28. The minimum Gasteiger partial charge on any atom is -0.337 e. The fourth-order valence-corrected chi connectivity index (χ4v) is 4.22. The van der Waals surface area contributed by atoms with Gasteiger partial charge in [0.1, 0.15) is 0 Å². The molecule has 0 spiro atoms. The summed E-state index contributed by atoms with van der Waals surface area (Å²) in [7, 11) is -0.924. The van der Waals surface area contributed by atoms with Gasteiger partial charge < -0.3 is 4.90 Å². The summed E-state index contributed by atoms with van der Waals surface area (Å²) in [5.74, 6) is -0.552. The fraction of sp³-hybridized carbons (Fsp3) is 0.350. The van der Waals surface area contributed by atoms with E-state index in [-0.39, 0.29) is 28.1 Å². The second-order valence-electron chi connectivity index (χ2n) is 7.11. The summed E-state index contributed by atoms with van der Waals surface area (Å²) in [5.41, 5.74) is -0.307. The fourth-order valence-electron chi connectivity index (χ4n) is 2.62. The number of rotatable bonds is 6. The molecule has 30 heavy (non-hydrogen) atoms. The predicted molar refractivity (Wildman–Crippen MR) is 109 cm³/mol. The third-order valence-corrected chi connectivity index (χ3v) is 6.98. The molecule has 2 aromatic carbocycles. The maximum Gasteiger partial charge on any atom is 0.416 e. The Hall–Kier alpha value is -2.10. The highest BCUT2D eigenvalue weighted by Gasteiger charge is 2.30. The van der Waals surface area contributed by atoms with Gasteiger partial charge in [-0.15, -0.1) is 0 Å². The molecule has 0 radical (unpaired) electrons. The second-order valence-corrected chi connectivity index (χ2v) is 9.52. The van der Waals surface area contributed by atoms with Crippen molar-refractivity contribution >= 4 is 27.5 Å². The van der Waals surface area contributed by atoms with Gasteiger partial charge in [0, 0.05) is 26.7 Å². The average molecular weight is 463 g/mol. The summed E-state index contributed by atoms with van der Waals surface area (Å²) < 4.78 is 64.6. The van der Waals surface area contributed by atoms with Gasteiger partial charge in [-0.05, 0) is 49.7 Å². The van der Waals surface area contributed by atoms with Crippen LogP contribution in [0.1, 0.15) is 35.3 Å². The van der Waals surface area contributed by atoms with Crippen LogP contribution in [0.2, 0.25) is 5.02 Å². The van der Waals surface area contributed by atoms with E-state index in [0.717, 1.165) is 12.1 Å². The summed E-state index contributed by atoms with van der Waals surface area (Å²) in [4.78, 5) is 14.0. The van der Waals surface area contributed by atoms with Crippen LogP contribution in [0.3, 0.4) is 0 Å². The van der Waals surface area contributed by atoms with Crippen LogP contribution in [0.4, 0.5) is 13.2 Å². The third-order valence-electron chi connectivity index (χ3n) is 4.62. The highest BCUT2D eigenvalue weighted by molar-refractivity contribution is 7.89. The number of nitrogens with zero attached hydrogens (tertiary/aromatic N) is 2. The number of alkyl halides is 3. The van der Waals surface area contributed by atoms with Crippen LogP contribution in [-0.4, -0.2) is 43.7 Å². The van der Waals surface area contributed by atoms with Crippen molar-refractivity contribution in [3.8, 4) is 0 Å². The van der Waals surface area contributed by atoms with E-state index in [9.17, 15) is 26.4 Å². The smallest absolute Gasteiger partial charge is 0.337 e. The molecule has 0 bridgehead atoms. The lowest BCUT2D eigenvalue weighted by Crippen LogP contribution is -2.33. The molecular weight excluding hydrogens is 441 g/mol. The van der Waals surface area contributed by atoms with E-state index in [2.05, 4.69) is 0 Å². The Morgan fingerprint density at radius 2 is 1.63 bits per heavy atom. The minimum absolute atomic E-state index is 0.00990. The monoisotopic (exact) mass is 462 g/mol.